The molecule has 2 aromatic rings. The van der Waals surface area contributed by atoms with E-state index in [1.807, 2.05) is 6.07 Å². The first-order chi connectivity index (χ1) is 18.4. The van der Waals surface area contributed by atoms with Crippen LogP contribution < -0.4 is 5.56 Å². The van der Waals surface area contributed by atoms with E-state index >= 15 is 0 Å². The Bertz CT molecular complexity index is 1300. The topological polar surface area (TPSA) is 151 Å². The summed E-state index contributed by atoms with van der Waals surface area (Å²) in [6.07, 6.45) is 0.398. The van der Waals surface area contributed by atoms with Crippen LogP contribution in [0.1, 0.15) is 54.2 Å². The predicted molar refractivity (Wildman–Crippen MR) is 157 cm³/mol. The lowest BCUT2D eigenvalue weighted by Crippen LogP contribution is -2.54. The molecule has 224 valence electrons. The summed E-state index contributed by atoms with van der Waals surface area (Å²) in [5.41, 5.74) is 0.194. The molecule has 0 radical (unpaired) electrons. The minimum Gasteiger partial charge on any atom is -0.408 e. The van der Waals surface area contributed by atoms with Crippen molar-refractivity contribution in [3.63, 3.8) is 0 Å². The average molecular weight is 614 g/mol. The standard InChI is InChI=1S/C25H44N5O7PSi2/c1-24(2,3)39(7,8)36-19-17(14-34-38(32)33-13-11-12-26)35-23(20(19)37-40(9,10)25(4,5)6)30-16-29-18-21(30)27-15-28-22(18)31/h15-17,19-20,23,38H,11,13-14H2,1-10H3,(H,27,28,31). The average Bonchev–Trinajstić information content (AvgIpc) is 3.38. The summed E-state index contributed by atoms with van der Waals surface area (Å²) in [6.45, 7) is 21.5. The normalized spacial score (nSPS) is 23.4. The van der Waals surface area contributed by atoms with Crippen LogP contribution in [0.3, 0.4) is 0 Å². The van der Waals surface area contributed by atoms with Crippen LogP contribution in [0, 0.1) is 11.3 Å². The number of nitrogens with zero attached hydrogens (tertiary/aromatic N) is 4. The maximum Gasteiger partial charge on any atom is 0.319 e. The first kappa shape index (κ1) is 32.8. The Kier molecular flexibility index (Phi) is 10.1. The van der Waals surface area contributed by atoms with Crippen molar-refractivity contribution in [1.82, 2.24) is 19.5 Å². The monoisotopic (exact) mass is 613 g/mol. The van der Waals surface area contributed by atoms with E-state index in [0.29, 0.717) is 5.65 Å². The van der Waals surface area contributed by atoms with E-state index in [1.54, 1.807) is 4.57 Å². The number of nitrogens with one attached hydrogen (secondary N) is 1. The molecule has 0 saturated carbocycles. The van der Waals surface area contributed by atoms with E-state index < -0.39 is 49.4 Å². The van der Waals surface area contributed by atoms with Crippen molar-refractivity contribution in [2.75, 3.05) is 13.2 Å². The molecule has 0 spiro atoms. The Morgan fingerprint density at radius 3 is 2.23 bits per heavy atom. The molecule has 0 aromatic carbocycles. The number of rotatable bonds is 11. The van der Waals surface area contributed by atoms with Crippen LogP contribution >= 0.6 is 8.25 Å². The summed E-state index contributed by atoms with van der Waals surface area (Å²) >= 11 is 0. The molecule has 15 heteroatoms. The van der Waals surface area contributed by atoms with Gasteiger partial charge in [0, 0.05) is 0 Å². The van der Waals surface area contributed by atoms with E-state index in [2.05, 4.69) is 82.7 Å². The van der Waals surface area contributed by atoms with E-state index in [9.17, 15) is 9.36 Å². The highest BCUT2D eigenvalue weighted by atomic mass is 31.1. The van der Waals surface area contributed by atoms with E-state index in [-0.39, 0.29) is 40.8 Å². The largest absolute Gasteiger partial charge is 0.408 e. The minimum absolute atomic E-state index is 0.0185. The van der Waals surface area contributed by atoms with Gasteiger partial charge in [-0.2, -0.15) is 5.26 Å². The number of H-pyrrole nitrogens is 1. The molecule has 0 amide bonds. The second-order valence-electron chi connectivity index (χ2n) is 13.1. The second-order valence-corrected chi connectivity index (χ2v) is 23.7. The van der Waals surface area contributed by atoms with Crippen molar-refractivity contribution in [1.29, 1.82) is 5.26 Å². The molecule has 1 fully saturated rings. The Balaban J connectivity index is 2.07. The molecule has 1 saturated heterocycles. The van der Waals surface area contributed by atoms with Crippen molar-refractivity contribution in [2.45, 2.75) is 109 Å². The molecule has 1 aliphatic heterocycles. The fraction of sp³-hybridized carbons (Fsp3) is 0.760. The van der Waals surface area contributed by atoms with Gasteiger partial charge in [-0.15, -0.1) is 0 Å². The number of aromatic amines is 1. The third-order valence-electron chi connectivity index (χ3n) is 8.20. The van der Waals surface area contributed by atoms with Gasteiger partial charge in [-0.25, -0.2) is 9.97 Å². The number of hydrogen-bond donors (Lipinski definition) is 1. The maximum atomic E-state index is 12.4. The number of fused-ring (bicyclic) bond motifs is 1. The lowest BCUT2D eigenvalue weighted by atomic mass is 10.1. The summed E-state index contributed by atoms with van der Waals surface area (Å²) in [6, 6.07) is 1.95. The zero-order valence-electron chi connectivity index (χ0n) is 25.2. The molecule has 0 bridgehead atoms. The van der Waals surface area contributed by atoms with Crippen molar-refractivity contribution in [2.24, 2.45) is 0 Å². The third-order valence-corrected chi connectivity index (χ3v) is 18.0. The fourth-order valence-electron chi connectivity index (χ4n) is 3.79. The molecule has 3 rings (SSSR count). The number of ether oxygens (including phenoxy) is 1. The van der Waals surface area contributed by atoms with Gasteiger partial charge in [0.25, 0.3) is 5.56 Å². The summed E-state index contributed by atoms with van der Waals surface area (Å²) in [7, 11) is -7.61. The van der Waals surface area contributed by atoms with Gasteiger partial charge in [-0.3, -0.25) is 13.9 Å². The lowest BCUT2D eigenvalue weighted by molar-refractivity contribution is -0.0460. The fourth-order valence-corrected chi connectivity index (χ4v) is 7.05. The highest BCUT2D eigenvalue weighted by Crippen LogP contribution is 2.46. The van der Waals surface area contributed by atoms with Gasteiger partial charge in [-0.1, -0.05) is 41.5 Å². The van der Waals surface area contributed by atoms with E-state index in [4.69, 9.17) is 27.9 Å². The van der Waals surface area contributed by atoms with Gasteiger partial charge in [0.05, 0.1) is 38.4 Å². The van der Waals surface area contributed by atoms with Gasteiger partial charge in [0.15, 0.2) is 34.0 Å². The van der Waals surface area contributed by atoms with Crippen LogP contribution in [0.5, 0.6) is 0 Å². The van der Waals surface area contributed by atoms with Gasteiger partial charge in [0.1, 0.15) is 18.3 Å². The number of nitriles is 1. The van der Waals surface area contributed by atoms with Crippen molar-refractivity contribution in [3.8, 4) is 6.07 Å². The molecule has 0 aliphatic carbocycles. The summed E-state index contributed by atoms with van der Waals surface area (Å²) in [5, 5.41) is 8.52. The van der Waals surface area contributed by atoms with Crippen molar-refractivity contribution < 1.29 is 27.2 Å². The van der Waals surface area contributed by atoms with Gasteiger partial charge in [-0.05, 0) is 36.3 Å². The summed E-state index contributed by atoms with van der Waals surface area (Å²) < 4.78 is 45.5. The molecule has 5 unspecified atom stereocenters. The molecule has 40 heavy (non-hydrogen) atoms. The Labute approximate surface area is 238 Å². The quantitative estimate of drug-likeness (QED) is 0.205. The molecule has 3 heterocycles. The number of aromatic nitrogens is 4. The van der Waals surface area contributed by atoms with Crippen LogP contribution in [-0.4, -0.2) is 67.7 Å². The summed E-state index contributed by atoms with van der Waals surface area (Å²) in [4.78, 5) is 23.6. The van der Waals surface area contributed by atoms with Crippen LogP contribution in [0.4, 0.5) is 0 Å². The molecular formula is C25H44N5O7PSi2. The van der Waals surface area contributed by atoms with E-state index in [0.717, 1.165) is 0 Å². The first-order valence-electron chi connectivity index (χ1n) is 13.5. The highest BCUT2D eigenvalue weighted by molar-refractivity contribution is 7.33. The van der Waals surface area contributed by atoms with E-state index in [1.165, 1.54) is 12.7 Å². The van der Waals surface area contributed by atoms with Gasteiger partial charge in [0.2, 0.25) is 0 Å². The summed E-state index contributed by atoms with van der Waals surface area (Å²) in [5.74, 6) is 0. The van der Waals surface area contributed by atoms with Crippen LogP contribution in [0.25, 0.3) is 11.2 Å². The second kappa shape index (κ2) is 12.3. The lowest BCUT2D eigenvalue weighted by Gasteiger charge is -2.44. The van der Waals surface area contributed by atoms with Crippen molar-refractivity contribution >= 4 is 36.1 Å². The van der Waals surface area contributed by atoms with Gasteiger partial charge < -0.3 is 27.6 Å². The van der Waals surface area contributed by atoms with Crippen LogP contribution in [0.2, 0.25) is 36.3 Å². The maximum absolute atomic E-state index is 12.4. The molecule has 2 aromatic heterocycles. The Morgan fingerprint density at radius 2 is 1.65 bits per heavy atom. The minimum atomic E-state index is -2.86. The van der Waals surface area contributed by atoms with Crippen LogP contribution in [-0.2, 0) is 27.2 Å². The van der Waals surface area contributed by atoms with Crippen LogP contribution in [0.15, 0.2) is 17.4 Å². The molecule has 1 N–H and O–H groups in total. The zero-order valence-corrected chi connectivity index (χ0v) is 28.2. The third kappa shape index (κ3) is 7.19. The highest BCUT2D eigenvalue weighted by Gasteiger charge is 2.54. The Morgan fingerprint density at radius 1 is 1.05 bits per heavy atom. The van der Waals surface area contributed by atoms with Crippen molar-refractivity contribution in [3.05, 3.63) is 23.0 Å². The first-order valence-corrected chi connectivity index (χ1v) is 20.5. The van der Waals surface area contributed by atoms with Gasteiger partial charge >= 0.3 is 8.25 Å². The molecular weight excluding hydrogens is 569 g/mol. The number of hydrogen-bond acceptors (Lipinski definition) is 10. The molecule has 12 nitrogen and oxygen atoms in total. The smallest absolute Gasteiger partial charge is 0.319 e. The SMILES string of the molecule is CC(C)(C)[Si](C)(C)OC1C(CO[PH](=O)OCCC#N)OC(n2cnc3c(=O)[nH]cnc32)C1O[Si](C)(C)C(C)(C)C. The Hall–Kier alpha value is -1.70. The zero-order chi connectivity index (χ0) is 30.1. The molecule has 5 atom stereocenters. The molecule has 1 aliphatic rings. The number of imidazole rings is 1. The predicted octanol–water partition coefficient (Wildman–Crippen LogP) is 5.13.